The van der Waals surface area contributed by atoms with Crippen LogP contribution in [0.15, 0.2) is 60.7 Å². The van der Waals surface area contributed by atoms with E-state index in [1.54, 1.807) is 36.4 Å². The van der Waals surface area contributed by atoms with Crippen LogP contribution in [0.1, 0.15) is 16.7 Å². The van der Waals surface area contributed by atoms with Gasteiger partial charge in [0.15, 0.2) is 11.5 Å². The molecule has 3 aromatic carbocycles. The number of ether oxygens (including phenoxy) is 2. The number of nitriles is 1. The van der Waals surface area contributed by atoms with Crippen molar-refractivity contribution in [3.8, 4) is 17.6 Å². The second kappa shape index (κ2) is 9.74. The molecule has 156 valence electrons. The summed E-state index contributed by atoms with van der Waals surface area (Å²) in [5, 5.41) is 20.6. The Morgan fingerprint density at radius 2 is 2.00 bits per heavy atom. The van der Waals surface area contributed by atoms with Gasteiger partial charge in [-0.3, -0.25) is 10.1 Å². The van der Waals surface area contributed by atoms with Crippen molar-refractivity contribution in [3.63, 3.8) is 0 Å². The number of halogens is 2. The summed E-state index contributed by atoms with van der Waals surface area (Å²) in [5.74, 6) is 0.136. The van der Waals surface area contributed by atoms with Crippen molar-refractivity contribution in [1.29, 1.82) is 5.26 Å². The number of hydrogen-bond donors (Lipinski definition) is 0. The summed E-state index contributed by atoms with van der Waals surface area (Å²) in [7, 11) is 1.44. The lowest BCUT2D eigenvalue weighted by Gasteiger charge is -2.13. The molecule has 0 spiro atoms. The highest BCUT2D eigenvalue weighted by molar-refractivity contribution is 6.32. The van der Waals surface area contributed by atoms with Crippen LogP contribution in [0.4, 0.5) is 10.1 Å². The zero-order valence-electron chi connectivity index (χ0n) is 16.3. The van der Waals surface area contributed by atoms with E-state index in [9.17, 15) is 19.8 Å². The Morgan fingerprint density at radius 3 is 2.68 bits per heavy atom. The van der Waals surface area contributed by atoms with Crippen LogP contribution in [0.25, 0.3) is 11.6 Å². The molecule has 0 N–H and O–H groups in total. The van der Waals surface area contributed by atoms with Gasteiger partial charge in [0.2, 0.25) is 0 Å². The fraction of sp³-hybridized carbons (Fsp3) is 0.0870. The monoisotopic (exact) mass is 438 g/mol. The van der Waals surface area contributed by atoms with E-state index in [-0.39, 0.29) is 28.6 Å². The molecular formula is C23H16ClFN2O4. The SMILES string of the molecule is COc1cc(C=C(C#N)c2cccc(F)c2)cc(Cl)c1OCc1cccc([N+](=O)[O-])c1. The highest BCUT2D eigenvalue weighted by atomic mass is 35.5. The van der Waals surface area contributed by atoms with Crippen molar-refractivity contribution < 1.29 is 18.8 Å². The molecule has 0 amide bonds. The van der Waals surface area contributed by atoms with Gasteiger partial charge in [-0.1, -0.05) is 35.9 Å². The van der Waals surface area contributed by atoms with Gasteiger partial charge in [-0.2, -0.15) is 5.26 Å². The van der Waals surface area contributed by atoms with Gasteiger partial charge in [-0.05, 0) is 47.0 Å². The lowest BCUT2D eigenvalue weighted by molar-refractivity contribution is -0.384. The molecule has 0 aliphatic heterocycles. The molecule has 0 bridgehead atoms. The van der Waals surface area contributed by atoms with Crippen LogP contribution >= 0.6 is 11.6 Å². The van der Waals surface area contributed by atoms with Gasteiger partial charge in [0.05, 0.1) is 28.7 Å². The quantitative estimate of drug-likeness (QED) is 0.194. The summed E-state index contributed by atoms with van der Waals surface area (Å²) >= 11 is 6.37. The third kappa shape index (κ3) is 5.38. The molecule has 0 saturated carbocycles. The summed E-state index contributed by atoms with van der Waals surface area (Å²) in [6.07, 6.45) is 1.56. The first-order valence-corrected chi connectivity index (χ1v) is 9.40. The first-order valence-electron chi connectivity index (χ1n) is 9.02. The zero-order chi connectivity index (χ0) is 22.4. The molecule has 0 unspecified atom stereocenters. The first-order chi connectivity index (χ1) is 14.9. The van der Waals surface area contributed by atoms with E-state index >= 15 is 0 Å². The van der Waals surface area contributed by atoms with Gasteiger partial charge in [-0.25, -0.2) is 4.39 Å². The van der Waals surface area contributed by atoms with E-state index in [2.05, 4.69) is 6.07 Å². The maximum atomic E-state index is 13.5. The predicted molar refractivity (Wildman–Crippen MR) is 115 cm³/mol. The van der Waals surface area contributed by atoms with Crippen molar-refractivity contribution in [2.45, 2.75) is 6.61 Å². The molecule has 0 saturated heterocycles. The Bertz CT molecular complexity index is 1200. The van der Waals surface area contributed by atoms with E-state index in [1.165, 1.54) is 37.4 Å². The maximum Gasteiger partial charge on any atom is 0.269 e. The summed E-state index contributed by atoms with van der Waals surface area (Å²) in [6.45, 7) is 0.0414. The molecule has 31 heavy (non-hydrogen) atoms. The highest BCUT2D eigenvalue weighted by Crippen LogP contribution is 2.38. The first kappa shape index (κ1) is 21.8. The van der Waals surface area contributed by atoms with Crippen LogP contribution in [-0.4, -0.2) is 12.0 Å². The largest absolute Gasteiger partial charge is 0.493 e. The van der Waals surface area contributed by atoms with Gasteiger partial charge in [0.1, 0.15) is 12.4 Å². The number of rotatable bonds is 7. The van der Waals surface area contributed by atoms with Crippen LogP contribution in [0.3, 0.4) is 0 Å². The Balaban J connectivity index is 1.89. The van der Waals surface area contributed by atoms with Crippen LogP contribution in [0.2, 0.25) is 5.02 Å². The fourth-order valence-corrected chi connectivity index (χ4v) is 3.16. The predicted octanol–water partition coefficient (Wildman–Crippen LogP) is 6.04. The molecule has 0 aliphatic rings. The molecule has 3 rings (SSSR count). The van der Waals surface area contributed by atoms with Gasteiger partial charge in [0.25, 0.3) is 5.69 Å². The number of allylic oxidation sites excluding steroid dienone is 1. The summed E-state index contributed by atoms with van der Waals surface area (Å²) in [6, 6.07) is 17.1. The van der Waals surface area contributed by atoms with E-state index in [1.807, 2.05) is 0 Å². The van der Waals surface area contributed by atoms with Gasteiger partial charge in [-0.15, -0.1) is 0 Å². The maximum absolute atomic E-state index is 13.5. The molecule has 8 heteroatoms. The molecule has 0 aromatic heterocycles. The van der Waals surface area contributed by atoms with E-state index in [4.69, 9.17) is 21.1 Å². The average Bonchev–Trinajstić information content (AvgIpc) is 2.76. The summed E-state index contributed by atoms with van der Waals surface area (Å²) in [4.78, 5) is 10.4. The average molecular weight is 439 g/mol. The Labute approximate surface area is 182 Å². The van der Waals surface area contributed by atoms with E-state index in [0.717, 1.165) is 0 Å². The Kier molecular flexibility index (Phi) is 6.85. The standard InChI is InChI=1S/C23H16ClFN2O4/c1-30-22-11-16(8-18(13-26)17-5-3-6-19(25)12-17)10-21(24)23(22)31-14-15-4-2-7-20(9-15)27(28)29/h2-12H,14H2,1H3. The van der Waals surface area contributed by atoms with E-state index in [0.29, 0.717) is 22.4 Å². The normalized spacial score (nSPS) is 11.0. The minimum Gasteiger partial charge on any atom is -0.493 e. The lowest BCUT2D eigenvalue weighted by atomic mass is 10.0. The number of methoxy groups -OCH3 is 1. The summed E-state index contributed by atoms with van der Waals surface area (Å²) in [5.41, 5.74) is 1.80. The second-order valence-corrected chi connectivity index (χ2v) is 6.84. The third-order valence-electron chi connectivity index (χ3n) is 4.32. The topological polar surface area (TPSA) is 85.4 Å². The molecule has 0 radical (unpaired) electrons. The number of non-ortho nitro benzene ring substituents is 1. The van der Waals surface area contributed by atoms with Gasteiger partial charge in [0, 0.05) is 12.1 Å². The molecule has 0 heterocycles. The van der Waals surface area contributed by atoms with Crippen molar-refractivity contribution >= 4 is 28.9 Å². The number of hydrogen-bond acceptors (Lipinski definition) is 5. The van der Waals surface area contributed by atoms with Crippen molar-refractivity contribution in [2.75, 3.05) is 7.11 Å². The molecule has 0 atom stereocenters. The molecule has 0 aliphatic carbocycles. The van der Waals surface area contributed by atoms with Crippen LogP contribution < -0.4 is 9.47 Å². The number of nitrogens with zero attached hydrogens (tertiary/aromatic N) is 2. The van der Waals surface area contributed by atoms with Crippen molar-refractivity contribution in [2.24, 2.45) is 0 Å². The Morgan fingerprint density at radius 1 is 1.23 bits per heavy atom. The van der Waals surface area contributed by atoms with Crippen LogP contribution in [-0.2, 0) is 6.61 Å². The van der Waals surface area contributed by atoms with Gasteiger partial charge >= 0.3 is 0 Å². The minimum atomic E-state index is -0.483. The number of nitro groups is 1. The molecular weight excluding hydrogens is 423 g/mol. The molecule has 0 fully saturated rings. The van der Waals surface area contributed by atoms with Crippen molar-refractivity contribution in [3.05, 3.63) is 98.3 Å². The lowest BCUT2D eigenvalue weighted by Crippen LogP contribution is -2.00. The highest BCUT2D eigenvalue weighted by Gasteiger charge is 2.14. The number of nitro benzene ring substituents is 1. The third-order valence-corrected chi connectivity index (χ3v) is 4.60. The van der Waals surface area contributed by atoms with Crippen LogP contribution in [0, 0.1) is 27.3 Å². The van der Waals surface area contributed by atoms with Gasteiger partial charge < -0.3 is 9.47 Å². The molecule has 6 nitrogen and oxygen atoms in total. The Hall–Kier alpha value is -3.89. The molecule has 3 aromatic rings. The fourth-order valence-electron chi connectivity index (χ4n) is 2.88. The van der Waals surface area contributed by atoms with Crippen LogP contribution in [0.5, 0.6) is 11.5 Å². The second-order valence-electron chi connectivity index (χ2n) is 6.43. The minimum absolute atomic E-state index is 0.0407. The van der Waals surface area contributed by atoms with E-state index < -0.39 is 10.7 Å². The summed E-state index contributed by atoms with van der Waals surface area (Å²) < 4.78 is 24.6. The number of benzene rings is 3. The zero-order valence-corrected chi connectivity index (χ0v) is 17.1. The van der Waals surface area contributed by atoms with Crippen molar-refractivity contribution in [1.82, 2.24) is 0 Å². The smallest absolute Gasteiger partial charge is 0.269 e.